The van der Waals surface area contributed by atoms with Crippen molar-refractivity contribution in [1.29, 1.82) is 0 Å². The molecule has 0 radical (unpaired) electrons. The van der Waals surface area contributed by atoms with Gasteiger partial charge in [0, 0.05) is 17.7 Å². The Kier molecular flexibility index (Phi) is 4.28. The Morgan fingerprint density at radius 2 is 1.96 bits per heavy atom. The highest BCUT2D eigenvalue weighted by atomic mass is 16.5. The molecule has 0 bridgehead atoms. The van der Waals surface area contributed by atoms with E-state index in [9.17, 15) is 4.79 Å². The predicted molar refractivity (Wildman–Crippen MR) is 90.7 cm³/mol. The first-order chi connectivity index (χ1) is 12.3. The number of nitrogens with one attached hydrogen (secondary N) is 1. The first-order valence-electron chi connectivity index (χ1n) is 8.47. The number of rotatable bonds is 4. The van der Waals surface area contributed by atoms with Crippen LogP contribution >= 0.6 is 0 Å². The molecule has 1 saturated carbocycles. The van der Waals surface area contributed by atoms with Gasteiger partial charge in [0.1, 0.15) is 12.7 Å². The molecule has 7 nitrogen and oxygen atoms in total. The summed E-state index contributed by atoms with van der Waals surface area (Å²) in [6, 6.07) is 11.8. The SMILES string of the molecule is O=C(NC1CCC(n2cncn2)CC1)c1cc(-c2ccccc2)on1. The van der Waals surface area contributed by atoms with E-state index < -0.39 is 0 Å². The Bertz CT molecular complexity index is 820. The van der Waals surface area contributed by atoms with Gasteiger partial charge in [-0.2, -0.15) is 5.10 Å². The molecule has 4 rings (SSSR count). The van der Waals surface area contributed by atoms with Crippen molar-refractivity contribution in [3.63, 3.8) is 0 Å². The van der Waals surface area contributed by atoms with Crippen LogP contribution in [0.25, 0.3) is 11.3 Å². The molecule has 128 valence electrons. The van der Waals surface area contributed by atoms with Crippen molar-refractivity contribution in [1.82, 2.24) is 25.2 Å². The summed E-state index contributed by atoms with van der Waals surface area (Å²) in [6.07, 6.45) is 7.09. The summed E-state index contributed by atoms with van der Waals surface area (Å²) >= 11 is 0. The van der Waals surface area contributed by atoms with Gasteiger partial charge in [0.2, 0.25) is 0 Å². The van der Waals surface area contributed by atoms with Gasteiger partial charge in [0.15, 0.2) is 11.5 Å². The molecule has 0 spiro atoms. The number of amides is 1. The Hall–Kier alpha value is -2.96. The minimum atomic E-state index is -0.185. The van der Waals surface area contributed by atoms with E-state index in [-0.39, 0.29) is 11.9 Å². The Labute approximate surface area is 145 Å². The summed E-state index contributed by atoms with van der Waals surface area (Å²) < 4.78 is 7.20. The second-order valence-electron chi connectivity index (χ2n) is 6.30. The van der Waals surface area contributed by atoms with Crippen LogP contribution in [0, 0.1) is 0 Å². The molecule has 0 unspecified atom stereocenters. The van der Waals surface area contributed by atoms with Gasteiger partial charge < -0.3 is 9.84 Å². The monoisotopic (exact) mass is 337 g/mol. The van der Waals surface area contributed by atoms with Crippen molar-refractivity contribution in [3.05, 3.63) is 54.7 Å². The predicted octanol–water partition coefficient (Wildman–Crippen LogP) is 2.85. The average molecular weight is 337 g/mol. The number of carbonyl (C=O) groups excluding carboxylic acids is 1. The summed E-state index contributed by atoms with van der Waals surface area (Å²) in [5.41, 5.74) is 1.22. The van der Waals surface area contributed by atoms with E-state index in [0.29, 0.717) is 17.5 Å². The van der Waals surface area contributed by atoms with Crippen molar-refractivity contribution in [2.75, 3.05) is 0 Å². The fraction of sp³-hybridized carbons (Fsp3) is 0.333. The summed E-state index contributed by atoms with van der Waals surface area (Å²) in [6.45, 7) is 0. The van der Waals surface area contributed by atoms with Crippen LogP contribution in [0.2, 0.25) is 0 Å². The van der Waals surface area contributed by atoms with E-state index in [0.717, 1.165) is 31.2 Å². The zero-order valence-electron chi connectivity index (χ0n) is 13.7. The van der Waals surface area contributed by atoms with Crippen LogP contribution in [0.3, 0.4) is 0 Å². The minimum Gasteiger partial charge on any atom is -0.355 e. The van der Waals surface area contributed by atoms with Crippen LogP contribution in [-0.2, 0) is 0 Å². The lowest BCUT2D eigenvalue weighted by Crippen LogP contribution is -2.38. The van der Waals surface area contributed by atoms with Crippen molar-refractivity contribution in [3.8, 4) is 11.3 Å². The van der Waals surface area contributed by atoms with Crippen LogP contribution in [-0.4, -0.2) is 31.9 Å². The summed E-state index contributed by atoms with van der Waals surface area (Å²) in [7, 11) is 0. The lowest BCUT2D eigenvalue weighted by molar-refractivity contribution is 0.0912. The van der Waals surface area contributed by atoms with Crippen LogP contribution in [0.1, 0.15) is 42.2 Å². The fourth-order valence-electron chi connectivity index (χ4n) is 3.27. The molecule has 0 saturated heterocycles. The van der Waals surface area contributed by atoms with Crippen molar-refractivity contribution in [2.24, 2.45) is 0 Å². The number of aromatic nitrogens is 4. The molecule has 1 amide bonds. The molecule has 0 aliphatic heterocycles. The molecular formula is C18H19N5O2. The van der Waals surface area contributed by atoms with Gasteiger partial charge in [-0.05, 0) is 25.7 Å². The first-order valence-corrected chi connectivity index (χ1v) is 8.47. The second kappa shape index (κ2) is 6.88. The zero-order chi connectivity index (χ0) is 17.1. The molecule has 1 aliphatic rings. The Balaban J connectivity index is 1.35. The quantitative estimate of drug-likeness (QED) is 0.791. The molecule has 25 heavy (non-hydrogen) atoms. The molecule has 1 N–H and O–H groups in total. The number of hydrogen-bond donors (Lipinski definition) is 1. The van der Waals surface area contributed by atoms with Gasteiger partial charge in [-0.15, -0.1) is 0 Å². The van der Waals surface area contributed by atoms with Crippen LogP contribution in [0.5, 0.6) is 0 Å². The normalized spacial score (nSPS) is 20.3. The number of nitrogens with zero attached hydrogens (tertiary/aromatic N) is 4. The van der Waals surface area contributed by atoms with E-state index in [1.165, 1.54) is 0 Å². The Morgan fingerprint density at radius 3 is 2.68 bits per heavy atom. The van der Waals surface area contributed by atoms with E-state index >= 15 is 0 Å². The lowest BCUT2D eigenvalue weighted by atomic mass is 9.91. The van der Waals surface area contributed by atoms with Gasteiger partial charge in [0.25, 0.3) is 5.91 Å². The molecule has 1 fully saturated rings. The molecule has 2 heterocycles. The van der Waals surface area contributed by atoms with Crippen molar-refractivity contribution in [2.45, 2.75) is 37.8 Å². The maximum absolute atomic E-state index is 12.4. The largest absolute Gasteiger partial charge is 0.355 e. The van der Waals surface area contributed by atoms with Gasteiger partial charge >= 0.3 is 0 Å². The van der Waals surface area contributed by atoms with Crippen LogP contribution in [0.15, 0.2) is 53.6 Å². The van der Waals surface area contributed by atoms with E-state index in [1.807, 2.05) is 35.0 Å². The molecule has 3 aromatic rings. The number of benzene rings is 1. The summed E-state index contributed by atoms with van der Waals surface area (Å²) in [5, 5.41) is 11.2. The molecule has 1 aliphatic carbocycles. The standard InChI is InChI=1S/C18H19N5O2/c24-18(16-10-17(25-22-16)13-4-2-1-3-5-13)21-14-6-8-15(9-7-14)23-12-19-11-20-23/h1-5,10-12,14-15H,6-9H2,(H,21,24). The Morgan fingerprint density at radius 1 is 1.16 bits per heavy atom. The molecule has 1 aromatic carbocycles. The molecular weight excluding hydrogens is 318 g/mol. The zero-order valence-corrected chi connectivity index (χ0v) is 13.7. The number of carbonyl (C=O) groups is 1. The molecule has 0 atom stereocenters. The van der Waals surface area contributed by atoms with E-state index in [2.05, 4.69) is 20.6 Å². The summed E-state index contributed by atoms with van der Waals surface area (Å²) in [4.78, 5) is 16.4. The van der Waals surface area contributed by atoms with Gasteiger partial charge in [-0.25, -0.2) is 9.67 Å². The van der Waals surface area contributed by atoms with Crippen LogP contribution < -0.4 is 5.32 Å². The van der Waals surface area contributed by atoms with Crippen molar-refractivity contribution >= 4 is 5.91 Å². The third kappa shape index (κ3) is 3.45. The first kappa shape index (κ1) is 15.6. The maximum atomic E-state index is 12.4. The summed E-state index contributed by atoms with van der Waals surface area (Å²) in [5.74, 6) is 0.413. The highest BCUT2D eigenvalue weighted by Gasteiger charge is 2.25. The number of hydrogen-bond acceptors (Lipinski definition) is 5. The van der Waals surface area contributed by atoms with Crippen LogP contribution in [0.4, 0.5) is 0 Å². The molecule has 2 aromatic heterocycles. The topological polar surface area (TPSA) is 85.8 Å². The van der Waals surface area contributed by atoms with Gasteiger partial charge in [0.05, 0.1) is 6.04 Å². The highest BCUT2D eigenvalue weighted by Crippen LogP contribution is 2.28. The maximum Gasteiger partial charge on any atom is 0.273 e. The average Bonchev–Trinajstić information content (AvgIpc) is 3.35. The van der Waals surface area contributed by atoms with Gasteiger partial charge in [-0.1, -0.05) is 35.5 Å². The van der Waals surface area contributed by atoms with E-state index in [1.54, 1.807) is 18.7 Å². The van der Waals surface area contributed by atoms with Gasteiger partial charge in [-0.3, -0.25) is 4.79 Å². The fourth-order valence-corrected chi connectivity index (χ4v) is 3.27. The minimum absolute atomic E-state index is 0.157. The highest BCUT2D eigenvalue weighted by molar-refractivity contribution is 5.93. The second-order valence-corrected chi connectivity index (χ2v) is 6.30. The lowest BCUT2D eigenvalue weighted by Gasteiger charge is -2.28. The van der Waals surface area contributed by atoms with Crippen molar-refractivity contribution < 1.29 is 9.32 Å². The smallest absolute Gasteiger partial charge is 0.273 e. The third-order valence-corrected chi connectivity index (χ3v) is 4.64. The van der Waals surface area contributed by atoms with E-state index in [4.69, 9.17) is 4.52 Å². The molecule has 7 heteroatoms. The third-order valence-electron chi connectivity index (χ3n) is 4.64.